The van der Waals surface area contributed by atoms with Gasteiger partial charge in [-0.25, -0.2) is 22.0 Å². The molecule has 0 aliphatic rings. The molecular weight excluding hydrogens is 478 g/mol. The van der Waals surface area contributed by atoms with Gasteiger partial charge in [0.05, 0.1) is 43.1 Å². The second-order valence-corrected chi connectivity index (χ2v) is 9.74. The molecule has 3 aromatic rings. The average molecular weight is 511 g/mol. The molecule has 1 unspecified atom stereocenters. The molecule has 2 aromatic carbocycles. The van der Waals surface area contributed by atoms with Crippen molar-refractivity contribution in [1.82, 2.24) is 9.13 Å². The van der Waals surface area contributed by atoms with Crippen LogP contribution in [0.3, 0.4) is 0 Å². The molecule has 0 saturated heterocycles. The second kappa shape index (κ2) is 12.0. The van der Waals surface area contributed by atoms with Crippen LogP contribution >= 0.6 is 0 Å². The molecule has 10 heteroatoms. The summed E-state index contributed by atoms with van der Waals surface area (Å²) in [6.45, 7) is 9.00. The maximum Gasteiger partial charge on any atom is 0.329 e. The van der Waals surface area contributed by atoms with E-state index in [0.29, 0.717) is 34.7 Å². The number of nitrogens with zero attached hydrogens (tertiary/aromatic N) is 2. The number of hydrogen-bond donors (Lipinski definition) is 0. The molecule has 7 nitrogen and oxygen atoms in total. The zero-order valence-corrected chi connectivity index (χ0v) is 21.4. The SMILES string of the molecule is C=Cc1ccc2c(c1)n(CC(F)F)c(=O)n2C(CS(C)(=O)=O)c1ccc(OC)c(OCC)c1.CC. The van der Waals surface area contributed by atoms with Gasteiger partial charge in [-0.1, -0.05) is 38.6 Å². The minimum atomic E-state index is -3.58. The first-order valence-electron chi connectivity index (χ1n) is 11.2. The van der Waals surface area contributed by atoms with E-state index in [2.05, 4.69) is 6.58 Å². The molecule has 0 N–H and O–H groups in total. The quantitative estimate of drug-likeness (QED) is 0.392. The predicted molar refractivity (Wildman–Crippen MR) is 136 cm³/mol. The number of methoxy groups -OCH3 is 1. The van der Waals surface area contributed by atoms with Crippen LogP contribution in [-0.2, 0) is 16.4 Å². The van der Waals surface area contributed by atoms with Gasteiger partial charge in [-0.05, 0) is 42.3 Å². The third-order valence-corrected chi connectivity index (χ3v) is 6.11. The van der Waals surface area contributed by atoms with Crippen LogP contribution < -0.4 is 15.2 Å². The van der Waals surface area contributed by atoms with Crippen LogP contribution in [0.5, 0.6) is 11.5 Å². The number of sulfone groups is 1. The Balaban J connectivity index is 0.00000210. The Hall–Kier alpha value is -3.14. The van der Waals surface area contributed by atoms with Crippen molar-refractivity contribution in [2.24, 2.45) is 0 Å². The Labute approximate surface area is 204 Å². The molecule has 0 saturated carbocycles. The van der Waals surface area contributed by atoms with Gasteiger partial charge in [0.25, 0.3) is 6.43 Å². The minimum absolute atomic E-state index is 0.273. The first kappa shape index (κ1) is 28.1. The van der Waals surface area contributed by atoms with E-state index < -0.39 is 40.3 Å². The molecule has 3 rings (SSSR count). The van der Waals surface area contributed by atoms with E-state index in [-0.39, 0.29) is 5.52 Å². The fraction of sp³-hybridized carbons (Fsp3) is 0.400. The Morgan fingerprint density at radius 1 is 1.09 bits per heavy atom. The van der Waals surface area contributed by atoms with Gasteiger partial charge >= 0.3 is 5.69 Å². The Bertz CT molecular complexity index is 1330. The third kappa shape index (κ3) is 6.50. The van der Waals surface area contributed by atoms with E-state index in [0.717, 1.165) is 10.8 Å². The lowest BCUT2D eigenvalue weighted by molar-refractivity contribution is 0.126. The predicted octanol–water partition coefficient (Wildman–Crippen LogP) is 4.78. The van der Waals surface area contributed by atoms with Gasteiger partial charge in [-0.15, -0.1) is 0 Å². The maximum absolute atomic E-state index is 13.4. The lowest BCUT2D eigenvalue weighted by Gasteiger charge is -2.20. The number of hydrogen-bond acceptors (Lipinski definition) is 5. The standard InChI is InChI=1S/C23H26F2N2O5S.C2H6/c1-5-15-7-9-17-18(11-15)26(13-22(24)25)23(28)27(17)19(14-33(4,29)30)16-8-10-20(31-3)21(12-16)32-6-2;1-2/h5,7-12,19,22H,1,6,13-14H2,2-4H3;1-2H3. The molecule has 0 fully saturated rings. The average Bonchev–Trinajstić information content (AvgIpc) is 3.08. The fourth-order valence-corrected chi connectivity index (χ4v) is 4.73. The van der Waals surface area contributed by atoms with E-state index in [1.54, 1.807) is 49.4 Å². The lowest BCUT2D eigenvalue weighted by Crippen LogP contribution is -2.32. The van der Waals surface area contributed by atoms with Crippen LogP contribution in [0.4, 0.5) is 8.78 Å². The van der Waals surface area contributed by atoms with Crippen molar-refractivity contribution >= 4 is 26.9 Å². The van der Waals surface area contributed by atoms with Gasteiger partial charge in [0, 0.05) is 6.26 Å². The zero-order valence-electron chi connectivity index (χ0n) is 20.6. The molecule has 1 heterocycles. The molecule has 0 bridgehead atoms. The topological polar surface area (TPSA) is 79.5 Å². The van der Waals surface area contributed by atoms with Crippen LogP contribution in [0.25, 0.3) is 17.1 Å². The summed E-state index contributed by atoms with van der Waals surface area (Å²) in [6.07, 6.45) is -0.167. The molecule has 0 spiro atoms. The number of alkyl halides is 2. The smallest absolute Gasteiger partial charge is 0.329 e. The van der Waals surface area contributed by atoms with Crippen LogP contribution in [0.15, 0.2) is 47.8 Å². The number of imidazole rings is 1. The highest BCUT2D eigenvalue weighted by atomic mass is 32.2. The van der Waals surface area contributed by atoms with E-state index in [1.165, 1.54) is 11.7 Å². The fourth-order valence-electron chi connectivity index (χ4n) is 3.81. The molecule has 1 aromatic heterocycles. The number of benzene rings is 2. The first-order chi connectivity index (χ1) is 16.6. The molecule has 192 valence electrons. The van der Waals surface area contributed by atoms with Crippen molar-refractivity contribution in [3.8, 4) is 11.5 Å². The number of halogens is 2. The van der Waals surface area contributed by atoms with Crippen molar-refractivity contribution in [1.29, 1.82) is 0 Å². The van der Waals surface area contributed by atoms with Crippen LogP contribution in [0.1, 0.15) is 37.9 Å². The maximum atomic E-state index is 13.4. The lowest BCUT2D eigenvalue weighted by atomic mass is 10.1. The van der Waals surface area contributed by atoms with Gasteiger partial charge < -0.3 is 9.47 Å². The Morgan fingerprint density at radius 3 is 2.31 bits per heavy atom. The summed E-state index contributed by atoms with van der Waals surface area (Å²) >= 11 is 0. The number of rotatable bonds is 10. The number of ether oxygens (including phenoxy) is 2. The van der Waals surface area contributed by atoms with Gasteiger partial charge in [0.15, 0.2) is 11.5 Å². The van der Waals surface area contributed by atoms with Crippen molar-refractivity contribution < 1.29 is 26.7 Å². The summed E-state index contributed by atoms with van der Waals surface area (Å²) in [5, 5.41) is 0. The third-order valence-electron chi connectivity index (χ3n) is 5.19. The normalized spacial score (nSPS) is 12.2. The molecule has 0 aliphatic heterocycles. The summed E-state index contributed by atoms with van der Waals surface area (Å²) in [4.78, 5) is 13.4. The monoisotopic (exact) mass is 510 g/mol. The summed E-state index contributed by atoms with van der Waals surface area (Å²) in [5.74, 6) is 0.415. The number of fused-ring (bicyclic) bond motifs is 1. The highest BCUT2D eigenvalue weighted by molar-refractivity contribution is 7.90. The molecule has 0 amide bonds. The Kier molecular flexibility index (Phi) is 9.64. The van der Waals surface area contributed by atoms with Crippen molar-refractivity contribution in [2.75, 3.05) is 25.7 Å². The largest absolute Gasteiger partial charge is 0.493 e. The summed E-state index contributed by atoms with van der Waals surface area (Å²) in [7, 11) is -2.10. The first-order valence-corrected chi connectivity index (χ1v) is 13.3. The van der Waals surface area contributed by atoms with Crippen molar-refractivity contribution in [2.45, 2.75) is 39.8 Å². The van der Waals surface area contributed by atoms with E-state index in [9.17, 15) is 22.0 Å². The van der Waals surface area contributed by atoms with Crippen LogP contribution in [0, 0.1) is 0 Å². The van der Waals surface area contributed by atoms with Crippen LogP contribution in [-0.4, -0.2) is 49.7 Å². The van der Waals surface area contributed by atoms with Crippen LogP contribution in [0.2, 0.25) is 0 Å². The van der Waals surface area contributed by atoms with Gasteiger partial charge in [0.1, 0.15) is 9.84 Å². The molecule has 0 aliphatic carbocycles. The van der Waals surface area contributed by atoms with E-state index in [1.807, 2.05) is 13.8 Å². The summed E-state index contributed by atoms with van der Waals surface area (Å²) < 4.78 is 64.5. The Morgan fingerprint density at radius 2 is 1.77 bits per heavy atom. The van der Waals surface area contributed by atoms with Gasteiger partial charge in [-0.2, -0.15) is 0 Å². The highest BCUT2D eigenvalue weighted by Crippen LogP contribution is 2.33. The van der Waals surface area contributed by atoms with E-state index in [4.69, 9.17) is 9.47 Å². The van der Waals surface area contributed by atoms with Crippen molar-refractivity contribution in [3.63, 3.8) is 0 Å². The van der Waals surface area contributed by atoms with E-state index >= 15 is 0 Å². The molecule has 1 atom stereocenters. The number of aromatic nitrogens is 2. The zero-order chi connectivity index (χ0) is 26.3. The summed E-state index contributed by atoms with van der Waals surface area (Å²) in [5.41, 5.74) is 0.999. The van der Waals surface area contributed by atoms with Gasteiger partial charge in [-0.3, -0.25) is 9.13 Å². The highest BCUT2D eigenvalue weighted by Gasteiger charge is 2.27. The molecule has 0 radical (unpaired) electrons. The molecule has 35 heavy (non-hydrogen) atoms. The minimum Gasteiger partial charge on any atom is -0.493 e. The summed E-state index contributed by atoms with van der Waals surface area (Å²) in [6, 6.07) is 8.77. The van der Waals surface area contributed by atoms with Crippen molar-refractivity contribution in [3.05, 3.63) is 64.6 Å². The molecular formula is C25H32F2N2O5S. The second-order valence-electron chi connectivity index (χ2n) is 7.56. The van der Waals surface area contributed by atoms with Gasteiger partial charge in [0.2, 0.25) is 0 Å².